The second kappa shape index (κ2) is 17.7. The van der Waals surface area contributed by atoms with Crippen LogP contribution in [0.25, 0.3) is 88.3 Å². The second-order valence-corrected chi connectivity index (χ2v) is 18.4. The minimum absolute atomic E-state index is 1.10. The second-order valence-electron chi connectivity index (χ2n) is 18.4. The zero-order valence-electron chi connectivity index (χ0n) is 39.4. The SMILES string of the molecule is Cc1ccccc1N(c1ccccc1)c1ccc2c(-c3ccccc3)c3c(c(-c4ccccc4)c2c1)-c1c-3c(-c2ccccc2)c2ccc(N(c3ccccc3)c3ccccc3)cc2c1-c1ccccc1. The first-order valence-electron chi connectivity index (χ1n) is 24.5. The van der Waals surface area contributed by atoms with Crippen LogP contribution in [0.15, 0.2) is 273 Å². The molecule has 0 aliphatic heterocycles. The molecule has 0 aromatic heterocycles. The Morgan fingerprint density at radius 2 is 0.493 bits per heavy atom. The molecule has 0 amide bonds. The molecule has 1 aliphatic rings. The van der Waals surface area contributed by atoms with Crippen LogP contribution in [0.3, 0.4) is 0 Å². The van der Waals surface area contributed by atoms with Gasteiger partial charge in [0.2, 0.25) is 0 Å². The molecule has 0 fully saturated rings. The maximum absolute atomic E-state index is 2.46. The number of benzene rings is 12. The van der Waals surface area contributed by atoms with Crippen LogP contribution in [0.2, 0.25) is 0 Å². The Bertz CT molecular complexity index is 3850. The van der Waals surface area contributed by atoms with E-state index in [-0.39, 0.29) is 0 Å². The van der Waals surface area contributed by atoms with Crippen LogP contribution in [0.5, 0.6) is 0 Å². The molecule has 12 aromatic carbocycles. The van der Waals surface area contributed by atoms with Crippen molar-refractivity contribution in [3.05, 3.63) is 279 Å². The predicted molar refractivity (Wildman–Crippen MR) is 302 cm³/mol. The number of rotatable bonds is 10. The van der Waals surface area contributed by atoms with Crippen LogP contribution in [0.1, 0.15) is 5.56 Å². The van der Waals surface area contributed by atoms with Gasteiger partial charge in [-0.2, -0.15) is 0 Å². The standard InChI is InChI=1S/C69H48N2/c1-47-25-23-24-40-61(47)71(54-38-21-8-22-39-54)56-42-44-58-60(46-56)65(51-32-15-5-16-33-51)69-67(63(58)49-28-11-3-12-29-49)66-62(48-26-9-2-10-27-48)57-43-41-55(45-59(57)64(68(66)69)50-30-13-4-14-31-50)70(52-34-17-6-18-35-52)53-36-19-7-20-37-53/h2-46H,1H3. The van der Waals surface area contributed by atoms with Crippen LogP contribution in [-0.4, -0.2) is 0 Å². The zero-order chi connectivity index (χ0) is 47.3. The van der Waals surface area contributed by atoms with Gasteiger partial charge in [-0.15, -0.1) is 0 Å². The summed E-state index contributed by atoms with van der Waals surface area (Å²) >= 11 is 0. The van der Waals surface area contributed by atoms with Crippen LogP contribution in [0.4, 0.5) is 34.1 Å². The first kappa shape index (κ1) is 41.9. The largest absolute Gasteiger partial charge is 0.310 e. The molecule has 12 aromatic rings. The third-order valence-electron chi connectivity index (χ3n) is 14.2. The molecule has 0 bridgehead atoms. The van der Waals surface area contributed by atoms with Gasteiger partial charge in [-0.1, -0.05) is 206 Å². The average molecular weight is 905 g/mol. The van der Waals surface area contributed by atoms with Gasteiger partial charge in [-0.05, 0) is 168 Å². The molecular weight excluding hydrogens is 857 g/mol. The highest BCUT2D eigenvalue weighted by Gasteiger charge is 2.39. The van der Waals surface area contributed by atoms with E-state index >= 15 is 0 Å². The summed E-state index contributed by atoms with van der Waals surface area (Å²) in [7, 11) is 0. The molecule has 0 N–H and O–H groups in total. The normalized spacial score (nSPS) is 11.5. The summed E-state index contributed by atoms with van der Waals surface area (Å²) in [6.45, 7) is 2.21. The molecule has 0 unspecified atom stereocenters. The summed E-state index contributed by atoms with van der Waals surface area (Å²) < 4.78 is 0. The quantitative estimate of drug-likeness (QED) is 0.135. The van der Waals surface area contributed by atoms with Crippen molar-refractivity contribution in [2.45, 2.75) is 6.92 Å². The highest BCUT2D eigenvalue weighted by molar-refractivity contribution is 6.33. The molecule has 0 saturated carbocycles. The van der Waals surface area contributed by atoms with Gasteiger partial charge in [0.1, 0.15) is 0 Å². The summed E-state index contributed by atoms with van der Waals surface area (Å²) in [6.07, 6.45) is 0. The van der Waals surface area contributed by atoms with Crippen molar-refractivity contribution in [3.8, 4) is 66.8 Å². The minimum Gasteiger partial charge on any atom is -0.310 e. The van der Waals surface area contributed by atoms with E-state index in [1.54, 1.807) is 0 Å². The molecule has 1 aliphatic carbocycles. The fourth-order valence-corrected chi connectivity index (χ4v) is 11.2. The number of aryl methyl sites for hydroxylation is 1. The van der Waals surface area contributed by atoms with Crippen LogP contribution in [0, 0.1) is 6.92 Å². The van der Waals surface area contributed by atoms with Gasteiger partial charge in [0.15, 0.2) is 0 Å². The predicted octanol–water partition coefficient (Wildman–Crippen LogP) is 19.6. The lowest BCUT2D eigenvalue weighted by Crippen LogP contribution is -2.13. The fraction of sp³-hybridized carbons (Fsp3) is 0.0145. The lowest BCUT2D eigenvalue weighted by molar-refractivity contribution is 1.25. The Morgan fingerprint density at radius 3 is 0.845 bits per heavy atom. The van der Waals surface area contributed by atoms with E-state index in [1.165, 1.54) is 93.9 Å². The molecule has 334 valence electrons. The Labute approximate surface area is 415 Å². The Hall–Kier alpha value is -9.24. The molecule has 0 atom stereocenters. The van der Waals surface area contributed by atoms with Crippen molar-refractivity contribution in [1.82, 2.24) is 0 Å². The molecule has 0 saturated heterocycles. The van der Waals surface area contributed by atoms with Crippen molar-refractivity contribution in [2.75, 3.05) is 9.80 Å². The van der Waals surface area contributed by atoms with Gasteiger partial charge in [0.05, 0.1) is 0 Å². The third-order valence-corrected chi connectivity index (χ3v) is 14.2. The number of hydrogen-bond acceptors (Lipinski definition) is 2. The number of hydrogen-bond donors (Lipinski definition) is 0. The number of fused-ring (bicyclic) bond motifs is 6. The Morgan fingerprint density at radius 1 is 0.211 bits per heavy atom. The summed E-state index contributed by atoms with van der Waals surface area (Å²) in [4.78, 5) is 4.80. The summed E-state index contributed by atoms with van der Waals surface area (Å²) in [5, 5.41) is 4.85. The highest BCUT2D eigenvalue weighted by atomic mass is 15.1. The maximum Gasteiger partial charge on any atom is 0.0490 e. The molecule has 0 radical (unpaired) electrons. The molecule has 2 nitrogen and oxygen atoms in total. The fourth-order valence-electron chi connectivity index (χ4n) is 11.2. The Balaban J connectivity index is 1.20. The topological polar surface area (TPSA) is 6.48 Å². The van der Waals surface area contributed by atoms with Crippen molar-refractivity contribution in [2.24, 2.45) is 0 Å². The van der Waals surface area contributed by atoms with Crippen LogP contribution in [-0.2, 0) is 0 Å². The van der Waals surface area contributed by atoms with Gasteiger partial charge in [0, 0.05) is 34.1 Å². The van der Waals surface area contributed by atoms with Crippen LogP contribution >= 0.6 is 0 Å². The molecule has 0 spiro atoms. The van der Waals surface area contributed by atoms with E-state index in [2.05, 4.69) is 290 Å². The van der Waals surface area contributed by atoms with Gasteiger partial charge < -0.3 is 9.80 Å². The van der Waals surface area contributed by atoms with E-state index in [0.717, 1.165) is 34.1 Å². The van der Waals surface area contributed by atoms with E-state index in [1.807, 2.05) is 0 Å². The van der Waals surface area contributed by atoms with E-state index in [0.29, 0.717) is 0 Å². The molecule has 71 heavy (non-hydrogen) atoms. The van der Waals surface area contributed by atoms with Crippen molar-refractivity contribution >= 4 is 55.7 Å². The zero-order valence-corrected chi connectivity index (χ0v) is 39.4. The first-order chi connectivity index (χ1) is 35.2. The smallest absolute Gasteiger partial charge is 0.0490 e. The van der Waals surface area contributed by atoms with Crippen molar-refractivity contribution in [3.63, 3.8) is 0 Å². The van der Waals surface area contributed by atoms with Gasteiger partial charge >= 0.3 is 0 Å². The summed E-state index contributed by atoms with van der Waals surface area (Å²) in [5.74, 6) is 0. The summed E-state index contributed by atoms with van der Waals surface area (Å²) in [6, 6.07) is 99.7. The third kappa shape index (κ3) is 7.11. The van der Waals surface area contributed by atoms with E-state index < -0.39 is 0 Å². The molecule has 2 heteroatoms. The monoisotopic (exact) mass is 904 g/mol. The molecule has 13 rings (SSSR count). The average Bonchev–Trinajstić information content (AvgIpc) is 3.44. The minimum atomic E-state index is 1.10. The molecular formula is C69H48N2. The maximum atomic E-state index is 2.46. The van der Waals surface area contributed by atoms with Crippen molar-refractivity contribution < 1.29 is 0 Å². The highest BCUT2D eigenvalue weighted by Crippen LogP contribution is 2.66. The lowest BCUT2D eigenvalue weighted by atomic mass is 9.65. The number of para-hydroxylation sites is 4. The molecule has 0 heterocycles. The van der Waals surface area contributed by atoms with Crippen molar-refractivity contribution in [1.29, 1.82) is 0 Å². The van der Waals surface area contributed by atoms with Crippen LogP contribution < -0.4 is 9.80 Å². The lowest BCUT2D eigenvalue weighted by Gasteiger charge is -2.38. The number of anilines is 6. The Kier molecular flexibility index (Phi) is 10.4. The van der Waals surface area contributed by atoms with E-state index in [9.17, 15) is 0 Å². The van der Waals surface area contributed by atoms with Gasteiger partial charge in [-0.25, -0.2) is 0 Å². The first-order valence-corrected chi connectivity index (χ1v) is 24.5. The van der Waals surface area contributed by atoms with Gasteiger partial charge in [0.25, 0.3) is 0 Å². The number of nitrogens with zero attached hydrogens (tertiary/aromatic N) is 2. The summed E-state index contributed by atoms with van der Waals surface area (Å²) in [5.41, 5.74) is 22.8. The van der Waals surface area contributed by atoms with Gasteiger partial charge in [-0.3, -0.25) is 0 Å². The van der Waals surface area contributed by atoms with E-state index in [4.69, 9.17) is 0 Å².